The van der Waals surface area contributed by atoms with Gasteiger partial charge >= 0.3 is 15.6 Å². The molecular formula is C12H16N4O10P2. The topological polar surface area (TPSA) is 219 Å². The number of nitrogen functional groups attached to an aromatic ring is 1. The highest BCUT2D eigenvalue weighted by Crippen LogP contribution is 2.66. The van der Waals surface area contributed by atoms with E-state index in [4.69, 9.17) is 20.3 Å². The van der Waals surface area contributed by atoms with Crippen LogP contribution in [0, 0.1) is 0 Å². The molecule has 2 unspecified atom stereocenters. The molecule has 1 saturated heterocycles. The molecule has 16 heteroatoms. The molecule has 0 aromatic carbocycles. The summed E-state index contributed by atoms with van der Waals surface area (Å²) in [6.07, 6.45) is -3.28. The second-order valence-corrected chi connectivity index (χ2v) is 9.45. The van der Waals surface area contributed by atoms with E-state index in [0.717, 1.165) is 0 Å². The number of nitrogens with zero attached hydrogens (tertiary/aromatic N) is 3. The van der Waals surface area contributed by atoms with Crippen molar-refractivity contribution in [1.82, 2.24) is 14.6 Å². The highest BCUT2D eigenvalue weighted by atomic mass is 31.3. The van der Waals surface area contributed by atoms with Gasteiger partial charge in [-0.3, -0.25) is 4.52 Å². The molecule has 0 radical (unpaired) electrons. The molecule has 14 nitrogen and oxygen atoms in total. The predicted molar refractivity (Wildman–Crippen MR) is 88.4 cm³/mol. The van der Waals surface area contributed by atoms with Gasteiger partial charge in [0.05, 0.1) is 5.69 Å². The van der Waals surface area contributed by atoms with Crippen molar-refractivity contribution in [1.29, 1.82) is 0 Å². The number of nitrogens with two attached hydrogens (primary N) is 1. The Balaban J connectivity index is 1.60. The third-order valence-corrected chi connectivity index (χ3v) is 7.03. The normalized spacial score (nSPS) is 37.0. The molecule has 6 atom stereocenters. The van der Waals surface area contributed by atoms with Crippen LogP contribution in [0.5, 0.6) is 0 Å². The summed E-state index contributed by atoms with van der Waals surface area (Å²) in [5, 5.41) is 25.4. The maximum absolute atomic E-state index is 11.7. The van der Waals surface area contributed by atoms with Gasteiger partial charge in [0.25, 0.3) is 0 Å². The number of anilines is 1. The molecule has 2 aromatic rings. The first-order valence-corrected chi connectivity index (χ1v) is 10.8. The lowest BCUT2D eigenvalue weighted by atomic mass is 9.91. The van der Waals surface area contributed by atoms with Crippen molar-refractivity contribution >= 4 is 27.0 Å². The van der Waals surface area contributed by atoms with E-state index in [0.29, 0.717) is 11.2 Å². The number of phosphoric acid groups is 2. The van der Waals surface area contributed by atoms with Crippen molar-refractivity contribution in [2.24, 2.45) is 0 Å². The van der Waals surface area contributed by atoms with Crippen LogP contribution in [0.2, 0.25) is 0 Å². The summed E-state index contributed by atoms with van der Waals surface area (Å²) < 4.78 is 37.8. The summed E-state index contributed by atoms with van der Waals surface area (Å²) in [5.74, 6) is 0.179. The summed E-state index contributed by atoms with van der Waals surface area (Å²) >= 11 is 0. The highest BCUT2D eigenvalue weighted by molar-refractivity contribution is 7.60. The first-order valence-electron chi connectivity index (χ1n) is 7.74. The van der Waals surface area contributed by atoms with Crippen molar-refractivity contribution in [2.75, 3.05) is 5.73 Å². The van der Waals surface area contributed by atoms with Crippen LogP contribution in [-0.4, -0.2) is 63.4 Å². The number of aromatic nitrogens is 3. The van der Waals surface area contributed by atoms with Gasteiger partial charge in [0, 0.05) is 0 Å². The Hall–Kier alpha value is -1.44. The average Bonchev–Trinajstić information content (AvgIpc) is 2.87. The van der Waals surface area contributed by atoms with Gasteiger partial charge in [-0.25, -0.2) is 18.6 Å². The van der Waals surface area contributed by atoms with E-state index in [1.165, 1.54) is 17.8 Å². The Labute approximate surface area is 156 Å². The predicted octanol–water partition coefficient (Wildman–Crippen LogP) is -1.37. The van der Waals surface area contributed by atoms with Gasteiger partial charge in [0.2, 0.25) is 0 Å². The van der Waals surface area contributed by atoms with Gasteiger partial charge in [-0.1, -0.05) is 0 Å². The zero-order chi connectivity index (χ0) is 20.7. The van der Waals surface area contributed by atoms with Crippen LogP contribution in [0.3, 0.4) is 0 Å². The third kappa shape index (κ3) is 2.82. The first-order chi connectivity index (χ1) is 12.8. The van der Waals surface area contributed by atoms with Gasteiger partial charge in [0.15, 0.2) is 11.4 Å². The van der Waals surface area contributed by atoms with Crippen molar-refractivity contribution in [3.63, 3.8) is 0 Å². The zero-order valence-electron chi connectivity index (χ0n) is 14.1. The molecule has 28 heavy (non-hydrogen) atoms. The fourth-order valence-corrected chi connectivity index (χ4v) is 5.33. The van der Waals surface area contributed by atoms with E-state index < -0.39 is 45.2 Å². The number of hydrogen-bond acceptors (Lipinski definition) is 10. The minimum absolute atomic E-state index is 0.179. The van der Waals surface area contributed by atoms with Crippen LogP contribution in [0.25, 0.3) is 5.52 Å². The van der Waals surface area contributed by atoms with E-state index in [-0.39, 0.29) is 5.82 Å². The van der Waals surface area contributed by atoms with Crippen LogP contribution >= 0.6 is 15.6 Å². The van der Waals surface area contributed by atoms with Gasteiger partial charge in [-0.15, -0.1) is 0 Å². The molecule has 0 bridgehead atoms. The Kier molecular flexibility index (Phi) is 4.11. The lowest BCUT2D eigenvalue weighted by molar-refractivity contribution is -0.125. The highest BCUT2D eigenvalue weighted by Gasteiger charge is 2.82. The Morgan fingerprint density at radius 3 is 2.57 bits per heavy atom. The third-order valence-electron chi connectivity index (χ3n) is 4.86. The number of ether oxygens (including phenoxy) is 1. The maximum atomic E-state index is 11.7. The summed E-state index contributed by atoms with van der Waals surface area (Å²) in [6.45, 7) is 1.46. The van der Waals surface area contributed by atoms with Gasteiger partial charge in [0.1, 0.15) is 35.8 Å². The fraction of sp³-hybridized carbons (Fsp3) is 0.500. The fourth-order valence-electron chi connectivity index (χ4n) is 3.53. The number of hydrogen-bond donors (Lipinski definition) is 6. The Morgan fingerprint density at radius 1 is 1.32 bits per heavy atom. The molecule has 2 fully saturated rings. The van der Waals surface area contributed by atoms with E-state index >= 15 is 0 Å². The van der Waals surface area contributed by atoms with E-state index in [1.54, 1.807) is 12.1 Å². The molecule has 0 spiro atoms. The Bertz CT molecular complexity index is 1060. The lowest BCUT2D eigenvalue weighted by Crippen LogP contribution is -2.46. The first kappa shape index (κ1) is 19.9. The summed E-state index contributed by atoms with van der Waals surface area (Å²) in [7, 11) is -10.6. The van der Waals surface area contributed by atoms with Gasteiger partial charge in [-0.2, -0.15) is 9.41 Å². The second-order valence-electron chi connectivity index (χ2n) is 6.66. The number of fused-ring (bicyclic) bond motifs is 2. The monoisotopic (exact) mass is 438 g/mol. The van der Waals surface area contributed by atoms with Crippen LogP contribution in [0.4, 0.5) is 5.82 Å². The largest absolute Gasteiger partial charge is 0.481 e. The van der Waals surface area contributed by atoms with Crippen molar-refractivity contribution in [3.8, 4) is 0 Å². The molecule has 2 aliphatic rings. The Morgan fingerprint density at radius 2 is 2.00 bits per heavy atom. The van der Waals surface area contributed by atoms with E-state index in [9.17, 15) is 24.2 Å². The van der Waals surface area contributed by atoms with Crippen molar-refractivity contribution in [3.05, 3.63) is 24.2 Å². The second kappa shape index (κ2) is 5.80. The van der Waals surface area contributed by atoms with Crippen LogP contribution in [0.1, 0.15) is 12.6 Å². The summed E-state index contributed by atoms with van der Waals surface area (Å²) in [6, 6.07) is 3.14. The molecule has 4 rings (SSSR count). The lowest BCUT2D eigenvalue weighted by Gasteiger charge is -2.32. The minimum Gasteiger partial charge on any atom is -0.386 e. The van der Waals surface area contributed by atoms with E-state index in [1.807, 2.05) is 0 Å². The molecule has 7 N–H and O–H groups in total. The molecular weight excluding hydrogens is 422 g/mol. The molecule has 2 aromatic heterocycles. The average molecular weight is 438 g/mol. The standard InChI is InChI=1S/C12H16N4O10P2/c1-11(6-3-2-5-9(13)14-4-15-16(5)6)10(17)12(18)7(24-11)8(12)25-28(22,23)26-27(19,20)21/h2-4,7-8,10,17-18H,1H3,(H,22,23)(H2,13,14,15)(H2,19,20,21)/t7-,8?,10+,11+,12+/m1/s1. The quantitative estimate of drug-likeness (QED) is 0.297. The molecule has 1 aliphatic heterocycles. The smallest absolute Gasteiger partial charge is 0.386 e. The molecule has 154 valence electrons. The molecule has 3 heterocycles. The van der Waals surface area contributed by atoms with Crippen molar-refractivity contribution < 1.29 is 47.6 Å². The van der Waals surface area contributed by atoms with Crippen LogP contribution < -0.4 is 5.73 Å². The molecule has 1 saturated carbocycles. The number of aliphatic hydroxyl groups is 2. The van der Waals surface area contributed by atoms with Crippen LogP contribution in [-0.2, 0) is 28.3 Å². The zero-order valence-corrected chi connectivity index (χ0v) is 15.8. The van der Waals surface area contributed by atoms with Crippen molar-refractivity contribution in [2.45, 2.75) is 36.4 Å². The number of phosphoric ester groups is 1. The van der Waals surface area contributed by atoms with Gasteiger partial charge in [-0.05, 0) is 19.1 Å². The summed E-state index contributed by atoms with van der Waals surface area (Å²) in [5.41, 5.74) is 2.90. The minimum atomic E-state index is -5.33. The number of aliphatic hydroxyl groups excluding tert-OH is 1. The van der Waals surface area contributed by atoms with Gasteiger partial charge < -0.3 is 35.4 Å². The number of rotatable bonds is 5. The maximum Gasteiger partial charge on any atom is 0.481 e. The summed E-state index contributed by atoms with van der Waals surface area (Å²) in [4.78, 5) is 30.6. The van der Waals surface area contributed by atoms with Crippen LogP contribution in [0.15, 0.2) is 18.5 Å². The van der Waals surface area contributed by atoms with E-state index in [2.05, 4.69) is 18.9 Å². The SMILES string of the molecule is C[C@@]1(c2ccc3c(N)ncnn23)O[C@@H]2C(OP(=O)(O)OP(=O)(O)O)[C@]2(O)[C@H]1O. The molecule has 0 amide bonds. The molecule has 1 aliphatic carbocycles.